The van der Waals surface area contributed by atoms with Crippen LogP contribution in [0.1, 0.15) is 18.5 Å². The number of para-hydroxylation sites is 1. The van der Waals surface area contributed by atoms with Crippen LogP contribution >= 0.6 is 0 Å². The van der Waals surface area contributed by atoms with Gasteiger partial charge in [0.05, 0.1) is 0 Å². The monoisotopic (exact) mass is 201 g/mol. The van der Waals surface area contributed by atoms with Gasteiger partial charge in [-0.15, -0.1) is 0 Å². The van der Waals surface area contributed by atoms with E-state index < -0.39 is 6.61 Å². The first-order chi connectivity index (χ1) is 6.65. The number of hydrogen-bond donors (Lipinski definition) is 1. The first-order valence-electron chi connectivity index (χ1n) is 4.36. The molecule has 1 aromatic carbocycles. The van der Waals surface area contributed by atoms with Crippen molar-refractivity contribution >= 4 is 0 Å². The number of ether oxygens (including phenoxy) is 1. The molecule has 1 rings (SSSR count). The van der Waals surface area contributed by atoms with Crippen molar-refractivity contribution in [3.8, 4) is 5.75 Å². The second-order valence-electron chi connectivity index (χ2n) is 2.93. The molecular formula is C10H13F2NO. The van der Waals surface area contributed by atoms with Crippen LogP contribution in [-0.2, 0) is 0 Å². The highest BCUT2D eigenvalue weighted by atomic mass is 19.3. The molecule has 2 nitrogen and oxygen atoms in total. The zero-order valence-electron chi connectivity index (χ0n) is 8.13. The zero-order valence-corrected chi connectivity index (χ0v) is 8.13. The normalized spacial score (nSPS) is 12.9. The molecule has 0 saturated carbocycles. The molecule has 0 bridgehead atoms. The molecule has 0 fully saturated rings. The van der Waals surface area contributed by atoms with E-state index >= 15 is 0 Å². The predicted molar refractivity (Wildman–Crippen MR) is 50.5 cm³/mol. The molecule has 0 aliphatic rings. The fourth-order valence-corrected chi connectivity index (χ4v) is 1.20. The molecule has 0 heterocycles. The van der Waals surface area contributed by atoms with Gasteiger partial charge in [0.2, 0.25) is 0 Å². The van der Waals surface area contributed by atoms with Gasteiger partial charge in [-0.2, -0.15) is 8.78 Å². The third kappa shape index (κ3) is 2.67. The Balaban J connectivity index is 2.91. The minimum Gasteiger partial charge on any atom is -0.434 e. The van der Waals surface area contributed by atoms with Gasteiger partial charge < -0.3 is 10.1 Å². The summed E-state index contributed by atoms with van der Waals surface area (Å²) in [4.78, 5) is 0. The number of halogens is 2. The Hall–Kier alpha value is -1.16. The molecule has 0 saturated heterocycles. The fraction of sp³-hybridized carbons (Fsp3) is 0.400. The predicted octanol–water partition coefficient (Wildman–Crippen LogP) is 2.57. The molecule has 0 unspecified atom stereocenters. The summed E-state index contributed by atoms with van der Waals surface area (Å²) in [5.74, 6) is 0.226. The van der Waals surface area contributed by atoms with E-state index in [9.17, 15) is 8.78 Å². The van der Waals surface area contributed by atoms with Gasteiger partial charge in [-0.25, -0.2) is 0 Å². The van der Waals surface area contributed by atoms with Crippen LogP contribution in [0.4, 0.5) is 8.78 Å². The van der Waals surface area contributed by atoms with Crippen LogP contribution in [-0.4, -0.2) is 13.7 Å². The summed E-state index contributed by atoms with van der Waals surface area (Å²) < 4.78 is 28.4. The Kier molecular flexibility index (Phi) is 3.83. The van der Waals surface area contributed by atoms with E-state index in [2.05, 4.69) is 10.1 Å². The summed E-state index contributed by atoms with van der Waals surface area (Å²) in [6.45, 7) is -0.895. The molecule has 1 N–H and O–H groups in total. The van der Waals surface area contributed by atoms with Gasteiger partial charge in [-0.3, -0.25) is 0 Å². The van der Waals surface area contributed by atoms with Gasteiger partial charge in [0, 0.05) is 11.6 Å². The molecule has 0 amide bonds. The number of hydrogen-bond acceptors (Lipinski definition) is 2. The molecule has 0 aliphatic heterocycles. The molecule has 1 atom stereocenters. The van der Waals surface area contributed by atoms with Gasteiger partial charge in [-0.1, -0.05) is 18.2 Å². The fourth-order valence-electron chi connectivity index (χ4n) is 1.20. The molecule has 1 aromatic rings. The van der Waals surface area contributed by atoms with Crippen LogP contribution < -0.4 is 10.1 Å². The highest BCUT2D eigenvalue weighted by molar-refractivity contribution is 5.35. The van der Waals surface area contributed by atoms with Crippen LogP contribution in [0.15, 0.2) is 24.3 Å². The smallest absolute Gasteiger partial charge is 0.387 e. The maximum atomic E-state index is 12.0. The van der Waals surface area contributed by atoms with Crippen molar-refractivity contribution in [3.63, 3.8) is 0 Å². The molecule has 0 radical (unpaired) electrons. The summed E-state index contributed by atoms with van der Waals surface area (Å²) in [6, 6.07) is 6.75. The lowest BCUT2D eigenvalue weighted by molar-refractivity contribution is -0.0506. The quantitative estimate of drug-likeness (QED) is 0.808. The SMILES string of the molecule is CN[C@@H](C)c1ccccc1OC(F)F. The summed E-state index contributed by atoms with van der Waals surface area (Å²) in [6.07, 6.45) is 0. The first kappa shape index (κ1) is 10.9. The summed E-state index contributed by atoms with van der Waals surface area (Å²) in [5.41, 5.74) is 0.732. The molecule has 14 heavy (non-hydrogen) atoms. The minimum absolute atomic E-state index is 0.00931. The number of rotatable bonds is 4. The standard InChI is InChI=1S/C10H13F2NO/c1-7(13-2)8-5-3-4-6-9(8)14-10(11)12/h3-7,10,13H,1-2H3/t7-/m0/s1. The average molecular weight is 201 g/mol. The Morgan fingerprint density at radius 3 is 2.50 bits per heavy atom. The maximum absolute atomic E-state index is 12.0. The van der Waals surface area contributed by atoms with Crippen LogP contribution in [0.2, 0.25) is 0 Å². The molecule has 78 valence electrons. The summed E-state index contributed by atoms with van der Waals surface area (Å²) >= 11 is 0. The molecule has 0 aromatic heterocycles. The van der Waals surface area contributed by atoms with Crippen molar-refractivity contribution in [1.29, 1.82) is 0 Å². The van der Waals surface area contributed by atoms with Crippen molar-refractivity contribution in [2.75, 3.05) is 7.05 Å². The molecule has 0 aliphatic carbocycles. The molecular weight excluding hydrogens is 188 g/mol. The molecule has 0 spiro atoms. The average Bonchev–Trinajstić information content (AvgIpc) is 2.16. The Bertz CT molecular complexity index is 291. The van der Waals surface area contributed by atoms with Gasteiger partial charge >= 0.3 is 6.61 Å². The highest BCUT2D eigenvalue weighted by Crippen LogP contribution is 2.25. The first-order valence-corrected chi connectivity index (χ1v) is 4.36. The van der Waals surface area contributed by atoms with Crippen molar-refractivity contribution in [1.82, 2.24) is 5.32 Å². The van der Waals surface area contributed by atoms with Crippen LogP contribution in [0, 0.1) is 0 Å². The van der Waals surface area contributed by atoms with E-state index in [1.807, 2.05) is 6.92 Å². The van der Waals surface area contributed by atoms with Gasteiger partial charge in [-0.05, 0) is 20.0 Å². The van der Waals surface area contributed by atoms with E-state index in [4.69, 9.17) is 0 Å². The van der Waals surface area contributed by atoms with Crippen molar-refractivity contribution < 1.29 is 13.5 Å². The van der Waals surface area contributed by atoms with Crippen molar-refractivity contribution in [2.45, 2.75) is 19.6 Å². The maximum Gasteiger partial charge on any atom is 0.387 e. The van der Waals surface area contributed by atoms with E-state index in [1.165, 1.54) is 6.07 Å². The lowest BCUT2D eigenvalue weighted by Gasteiger charge is -2.15. The second-order valence-corrected chi connectivity index (χ2v) is 2.93. The third-order valence-corrected chi connectivity index (χ3v) is 2.03. The highest BCUT2D eigenvalue weighted by Gasteiger charge is 2.12. The second kappa shape index (κ2) is 4.91. The van der Waals surface area contributed by atoms with Gasteiger partial charge in [0.1, 0.15) is 5.75 Å². The lowest BCUT2D eigenvalue weighted by atomic mass is 10.1. The number of alkyl halides is 2. The van der Waals surface area contributed by atoms with Gasteiger partial charge in [0.25, 0.3) is 0 Å². The van der Waals surface area contributed by atoms with Crippen LogP contribution in [0.25, 0.3) is 0 Å². The summed E-state index contributed by atoms with van der Waals surface area (Å²) in [5, 5.41) is 2.97. The lowest BCUT2D eigenvalue weighted by Crippen LogP contribution is -2.14. The number of benzene rings is 1. The van der Waals surface area contributed by atoms with E-state index in [0.717, 1.165) is 5.56 Å². The van der Waals surface area contributed by atoms with Crippen LogP contribution in [0.3, 0.4) is 0 Å². The molecule has 4 heteroatoms. The largest absolute Gasteiger partial charge is 0.434 e. The third-order valence-electron chi connectivity index (χ3n) is 2.03. The van der Waals surface area contributed by atoms with E-state index in [0.29, 0.717) is 0 Å². The number of nitrogens with one attached hydrogen (secondary N) is 1. The van der Waals surface area contributed by atoms with E-state index in [1.54, 1.807) is 25.2 Å². The topological polar surface area (TPSA) is 21.3 Å². The Morgan fingerprint density at radius 1 is 1.29 bits per heavy atom. The Morgan fingerprint density at radius 2 is 1.93 bits per heavy atom. The van der Waals surface area contributed by atoms with E-state index in [-0.39, 0.29) is 11.8 Å². The van der Waals surface area contributed by atoms with Crippen molar-refractivity contribution in [3.05, 3.63) is 29.8 Å². The Labute approximate surface area is 81.9 Å². The van der Waals surface area contributed by atoms with Crippen LogP contribution in [0.5, 0.6) is 5.75 Å². The minimum atomic E-state index is -2.78. The zero-order chi connectivity index (χ0) is 10.6. The summed E-state index contributed by atoms with van der Waals surface area (Å²) in [7, 11) is 1.77. The van der Waals surface area contributed by atoms with Crippen molar-refractivity contribution in [2.24, 2.45) is 0 Å². The van der Waals surface area contributed by atoms with Gasteiger partial charge in [0.15, 0.2) is 0 Å².